The van der Waals surface area contributed by atoms with E-state index in [1.807, 2.05) is 41.5 Å². The Bertz CT molecular complexity index is 366. The first-order valence-corrected chi connectivity index (χ1v) is 17.4. The quantitative estimate of drug-likeness (QED) is 0.113. The molecule has 0 spiro atoms. The summed E-state index contributed by atoms with van der Waals surface area (Å²) in [4.78, 5) is 6.90. The highest BCUT2D eigenvalue weighted by Crippen LogP contribution is 2.12. The van der Waals surface area contributed by atoms with Crippen molar-refractivity contribution in [1.29, 1.82) is 0 Å². The summed E-state index contributed by atoms with van der Waals surface area (Å²) in [5.41, 5.74) is 0. The van der Waals surface area contributed by atoms with Crippen molar-refractivity contribution in [3.05, 3.63) is 0 Å². The number of unbranched alkanes of at least 4 members (excludes halogenated alkanes) is 9. The Kier molecular flexibility index (Phi) is 23.6. The molecule has 0 aliphatic heterocycles. The third-order valence-corrected chi connectivity index (χ3v) is 10.7. The van der Waals surface area contributed by atoms with Crippen LogP contribution in [-0.4, -0.2) is 70.7 Å². The third kappa shape index (κ3) is 16.7. The van der Waals surface area contributed by atoms with Crippen LogP contribution >= 0.6 is 0 Å². The van der Waals surface area contributed by atoms with Gasteiger partial charge < -0.3 is 26.6 Å². The molecule has 0 rings (SSSR count). The maximum absolute atomic E-state index is 5.83. The normalized spacial score (nSPS) is 12.5. The minimum absolute atomic E-state index is 0.603. The monoisotopic (exact) mass is 524 g/mol. The summed E-state index contributed by atoms with van der Waals surface area (Å²) < 4.78 is 35.0. The molecule has 206 valence electrons. The minimum atomic E-state index is -2.69. The Morgan fingerprint density at radius 1 is 0.353 bits per heavy atom. The molecule has 0 aliphatic carbocycles. The molecule has 0 aliphatic rings. The summed E-state index contributed by atoms with van der Waals surface area (Å²) in [5, 5.41) is 0. The summed E-state index contributed by atoms with van der Waals surface area (Å²) in [6.45, 7) is 17.3. The molecule has 0 unspecified atom stereocenters. The van der Waals surface area contributed by atoms with Crippen molar-refractivity contribution >= 4 is 17.9 Å². The smallest absolute Gasteiger partial charge is 0.361 e. The van der Waals surface area contributed by atoms with Gasteiger partial charge in [0.05, 0.1) is 0 Å². The van der Waals surface area contributed by atoms with Gasteiger partial charge in [-0.3, -0.25) is 9.96 Å². The van der Waals surface area contributed by atoms with Gasteiger partial charge in [-0.25, -0.2) is 0 Å². The fourth-order valence-corrected chi connectivity index (χ4v) is 8.20. The average molecular weight is 525 g/mol. The van der Waals surface area contributed by atoms with Crippen LogP contribution in [0.4, 0.5) is 0 Å². The van der Waals surface area contributed by atoms with E-state index in [0.29, 0.717) is 39.6 Å². The summed E-state index contributed by atoms with van der Waals surface area (Å²) >= 11 is 0. The number of rotatable bonds is 27. The first kappa shape index (κ1) is 34.1. The number of nitrogens with one attached hydrogen (secondary N) is 2. The van der Waals surface area contributed by atoms with E-state index >= 15 is 0 Å². The molecular weight excluding hydrogens is 468 g/mol. The highest BCUT2D eigenvalue weighted by atomic mass is 28.4. The van der Waals surface area contributed by atoms with Crippen molar-refractivity contribution in [3.63, 3.8) is 0 Å². The third-order valence-electron chi connectivity index (χ3n) is 5.29. The predicted octanol–water partition coefficient (Wildman–Crippen LogP) is 5.16. The average Bonchev–Trinajstić information content (AvgIpc) is 2.80. The molecule has 34 heavy (non-hydrogen) atoms. The van der Waals surface area contributed by atoms with Gasteiger partial charge in [-0.2, -0.15) is 0 Å². The lowest BCUT2D eigenvalue weighted by molar-refractivity contribution is 0.0590. The lowest BCUT2D eigenvalue weighted by Gasteiger charge is -2.28. The zero-order valence-corrected chi connectivity index (χ0v) is 25.2. The molecule has 0 aromatic carbocycles. The van der Waals surface area contributed by atoms with Crippen LogP contribution in [0.15, 0.2) is 0 Å². The lowest BCUT2D eigenvalue weighted by Crippen LogP contribution is -2.59. The van der Waals surface area contributed by atoms with Crippen LogP contribution in [0.2, 0.25) is 0 Å². The molecule has 0 radical (unpaired) electrons. The molecule has 0 aromatic rings. The van der Waals surface area contributed by atoms with Crippen molar-refractivity contribution in [2.45, 2.75) is 106 Å². The minimum Gasteiger partial charge on any atom is -0.361 e. The molecule has 0 saturated heterocycles. The van der Waals surface area contributed by atoms with Crippen molar-refractivity contribution in [3.8, 4) is 0 Å². The lowest BCUT2D eigenvalue weighted by atomic mass is 10.1. The number of hydrogen-bond acceptors (Lipinski definition) is 8. The molecule has 0 amide bonds. The van der Waals surface area contributed by atoms with E-state index in [2.05, 4.69) is 9.96 Å². The van der Waals surface area contributed by atoms with Crippen LogP contribution in [0.5, 0.6) is 0 Å². The Balaban J connectivity index is 3.75. The van der Waals surface area contributed by atoms with Gasteiger partial charge in [-0.15, -0.1) is 0 Å². The van der Waals surface area contributed by atoms with Crippen molar-refractivity contribution in [1.82, 2.24) is 9.96 Å². The van der Waals surface area contributed by atoms with Gasteiger partial charge >= 0.3 is 17.9 Å². The molecule has 0 saturated carbocycles. The molecular formula is C24H56N2O6Si2. The van der Waals surface area contributed by atoms with E-state index in [4.69, 9.17) is 26.6 Å². The van der Waals surface area contributed by atoms with Gasteiger partial charge in [0.2, 0.25) is 0 Å². The second-order valence-corrected chi connectivity index (χ2v) is 12.8. The van der Waals surface area contributed by atoms with E-state index in [1.165, 1.54) is 51.4 Å². The van der Waals surface area contributed by atoms with Gasteiger partial charge in [0.15, 0.2) is 0 Å². The number of hydrogen-bond donors (Lipinski definition) is 2. The van der Waals surface area contributed by atoms with Crippen molar-refractivity contribution < 1.29 is 26.6 Å². The van der Waals surface area contributed by atoms with E-state index < -0.39 is 17.9 Å². The Labute approximate surface area is 213 Å². The molecule has 0 fully saturated rings. The fraction of sp³-hybridized carbons (Fsp3) is 1.00. The van der Waals surface area contributed by atoms with E-state index in [-0.39, 0.29) is 0 Å². The largest absolute Gasteiger partial charge is 0.596 e. The Morgan fingerprint density at radius 2 is 0.559 bits per heavy atom. The van der Waals surface area contributed by atoms with Gasteiger partial charge in [-0.1, -0.05) is 51.4 Å². The molecule has 10 heteroatoms. The summed E-state index contributed by atoms with van der Waals surface area (Å²) in [5.74, 6) is 0. The maximum atomic E-state index is 5.83. The zero-order valence-electron chi connectivity index (χ0n) is 23.2. The topological polar surface area (TPSA) is 79.4 Å². The Morgan fingerprint density at radius 3 is 0.765 bits per heavy atom. The fourth-order valence-electron chi connectivity index (χ4n) is 3.84. The highest BCUT2D eigenvalue weighted by molar-refractivity contribution is 6.58. The van der Waals surface area contributed by atoms with E-state index in [1.54, 1.807) is 0 Å². The second kappa shape index (κ2) is 23.5. The van der Waals surface area contributed by atoms with Crippen LogP contribution in [-0.2, 0) is 26.6 Å². The zero-order chi connectivity index (χ0) is 25.4. The highest BCUT2D eigenvalue weighted by Gasteiger charge is 2.41. The van der Waals surface area contributed by atoms with E-state index in [0.717, 1.165) is 25.9 Å². The summed E-state index contributed by atoms with van der Waals surface area (Å²) in [6.07, 6.45) is 12.6. The molecule has 8 nitrogen and oxygen atoms in total. The molecule has 0 bridgehead atoms. The van der Waals surface area contributed by atoms with Crippen LogP contribution < -0.4 is 9.96 Å². The van der Waals surface area contributed by atoms with Crippen molar-refractivity contribution in [2.75, 3.05) is 52.7 Å². The maximum Gasteiger partial charge on any atom is 0.596 e. The standard InChI is InChI=1S/C24H56N2O6Si2/c1-7-27-33(28-8-2,29-9-3)25-23-21-19-17-15-13-14-16-18-20-22-24-26-34(30-10-4,31-11-5)32-12-6/h25-26H,7-24H2,1-6H3. The first-order valence-electron chi connectivity index (χ1n) is 13.9. The van der Waals surface area contributed by atoms with Crippen molar-refractivity contribution in [2.24, 2.45) is 0 Å². The van der Waals surface area contributed by atoms with Gasteiger partial charge in [0.25, 0.3) is 0 Å². The summed E-state index contributed by atoms with van der Waals surface area (Å²) in [7, 11) is -5.38. The molecule has 0 atom stereocenters. The van der Waals surface area contributed by atoms with Crippen LogP contribution in [0.3, 0.4) is 0 Å². The second-order valence-electron chi connectivity index (χ2n) is 8.10. The SMILES string of the molecule is CCO[Si](NCCCCCCCCCCCCN[Si](OCC)(OCC)OCC)(OCC)OCC. The van der Waals surface area contributed by atoms with Gasteiger partial charge in [0.1, 0.15) is 0 Å². The van der Waals surface area contributed by atoms with Crippen LogP contribution in [0.1, 0.15) is 106 Å². The molecule has 2 N–H and O–H groups in total. The summed E-state index contributed by atoms with van der Waals surface area (Å²) in [6, 6.07) is 0. The molecule has 0 heterocycles. The first-order chi connectivity index (χ1) is 16.6. The predicted molar refractivity (Wildman–Crippen MR) is 143 cm³/mol. The molecule has 0 aromatic heterocycles. The Hall–Kier alpha value is 0.114. The van der Waals surface area contributed by atoms with Gasteiger partial charge in [-0.05, 0) is 67.5 Å². The van der Waals surface area contributed by atoms with Crippen LogP contribution in [0.25, 0.3) is 0 Å². The van der Waals surface area contributed by atoms with Crippen LogP contribution in [0, 0.1) is 0 Å². The van der Waals surface area contributed by atoms with E-state index in [9.17, 15) is 0 Å². The van der Waals surface area contributed by atoms with Gasteiger partial charge in [0, 0.05) is 39.6 Å².